The predicted octanol–water partition coefficient (Wildman–Crippen LogP) is 4.32. The molecule has 5 heterocycles. The Morgan fingerprint density at radius 3 is 2.56 bits per heavy atom. The van der Waals surface area contributed by atoms with Crippen LogP contribution in [0.25, 0.3) is 10.8 Å². The monoisotopic (exact) mass is 520 g/mol. The van der Waals surface area contributed by atoms with Crippen molar-refractivity contribution in [2.45, 2.75) is 83.7 Å². The van der Waals surface area contributed by atoms with E-state index in [1.54, 1.807) is 34.6 Å². The number of esters is 1. The van der Waals surface area contributed by atoms with Crippen molar-refractivity contribution < 1.29 is 28.2 Å². The number of aromatic nitrogens is 2. The van der Waals surface area contributed by atoms with Gasteiger partial charge in [0.2, 0.25) is 5.88 Å². The molecule has 0 N–H and O–H groups in total. The number of rotatable bonds is 1. The van der Waals surface area contributed by atoms with Crippen LogP contribution in [0.2, 0.25) is 5.15 Å². The van der Waals surface area contributed by atoms with Gasteiger partial charge in [-0.1, -0.05) is 11.6 Å². The molecule has 0 radical (unpaired) electrons. The SMILES string of the molecule is COC(=O)[C@@]12CC[C@@H]([C@H]3C(C)Oc4nc(Cl)c(F)c5c(C)c(C)nc(c45)N3C1)N2C(=O)OC(C)(C)C. The maximum Gasteiger partial charge on any atom is 0.411 e. The number of carbonyl (C=O) groups excluding carboxylic acids is 2. The Kier molecular flexibility index (Phi) is 5.55. The first kappa shape index (κ1) is 24.8. The van der Waals surface area contributed by atoms with E-state index >= 15 is 4.39 Å². The van der Waals surface area contributed by atoms with Crippen LogP contribution in [0.3, 0.4) is 0 Å². The fourth-order valence-corrected chi connectivity index (χ4v) is 6.15. The van der Waals surface area contributed by atoms with Crippen LogP contribution in [0.5, 0.6) is 5.88 Å². The van der Waals surface area contributed by atoms with E-state index in [0.717, 1.165) is 0 Å². The predicted molar refractivity (Wildman–Crippen MR) is 131 cm³/mol. The topological polar surface area (TPSA) is 94.1 Å². The normalized spacial score (nSPS) is 26.9. The van der Waals surface area contributed by atoms with Crippen LogP contribution >= 0.6 is 11.6 Å². The third-order valence-electron chi connectivity index (χ3n) is 7.52. The minimum atomic E-state index is -1.30. The van der Waals surface area contributed by atoms with Gasteiger partial charge in [-0.05, 0) is 59.9 Å². The largest absolute Gasteiger partial charge is 0.472 e. The number of nitrogens with zero attached hydrogens (tertiary/aromatic N) is 4. The second-order valence-corrected chi connectivity index (χ2v) is 11.2. The van der Waals surface area contributed by atoms with Crippen molar-refractivity contribution >= 4 is 40.3 Å². The third kappa shape index (κ3) is 3.40. The molecular formula is C25H30ClFN4O5. The van der Waals surface area contributed by atoms with Crippen LogP contribution in [0, 0.1) is 19.7 Å². The number of amides is 1. The number of hydrogen-bond donors (Lipinski definition) is 0. The summed E-state index contributed by atoms with van der Waals surface area (Å²) in [4.78, 5) is 39.4. The molecule has 2 aromatic heterocycles. The maximum absolute atomic E-state index is 15.3. The summed E-state index contributed by atoms with van der Waals surface area (Å²) in [5.41, 5.74) is -0.808. The average Bonchev–Trinajstić information content (AvgIpc) is 3.01. The Hall–Kier alpha value is -2.88. The number of ether oxygens (including phenoxy) is 3. The van der Waals surface area contributed by atoms with Gasteiger partial charge in [-0.15, -0.1) is 0 Å². The fourth-order valence-electron chi connectivity index (χ4n) is 5.98. The van der Waals surface area contributed by atoms with Crippen molar-refractivity contribution in [3.63, 3.8) is 0 Å². The molecule has 0 spiro atoms. The highest BCUT2D eigenvalue weighted by molar-refractivity contribution is 6.30. The number of hydrogen-bond acceptors (Lipinski definition) is 8. The number of anilines is 1. The second kappa shape index (κ2) is 8.06. The highest BCUT2D eigenvalue weighted by Gasteiger charge is 2.64. The summed E-state index contributed by atoms with van der Waals surface area (Å²) in [6.45, 7) is 10.9. The molecule has 194 valence electrons. The molecule has 1 unspecified atom stereocenters. The molecule has 0 aliphatic carbocycles. The molecule has 2 aromatic rings. The van der Waals surface area contributed by atoms with Crippen molar-refractivity contribution in [1.82, 2.24) is 14.9 Å². The summed E-state index contributed by atoms with van der Waals surface area (Å²) in [5.74, 6) is -0.555. The minimum Gasteiger partial charge on any atom is -0.472 e. The Labute approximate surface area is 213 Å². The lowest BCUT2D eigenvalue weighted by Crippen LogP contribution is -2.72. The molecule has 5 rings (SSSR count). The number of methoxy groups -OCH3 is 1. The number of halogens is 2. The van der Waals surface area contributed by atoms with Gasteiger partial charge < -0.3 is 19.1 Å². The number of pyridine rings is 2. The van der Waals surface area contributed by atoms with E-state index in [4.69, 9.17) is 30.8 Å². The molecular weight excluding hydrogens is 491 g/mol. The Morgan fingerprint density at radius 2 is 1.92 bits per heavy atom. The van der Waals surface area contributed by atoms with Crippen molar-refractivity contribution in [2.24, 2.45) is 0 Å². The quantitative estimate of drug-likeness (QED) is 0.405. The summed E-state index contributed by atoms with van der Waals surface area (Å²) >= 11 is 6.17. The first-order valence-electron chi connectivity index (χ1n) is 12.0. The van der Waals surface area contributed by atoms with E-state index in [1.807, 2.05) is 11.8 Å². The summed E-state index contributed by atoms with van der Waals surface area (Å²) in [5, 5.41) is 0.404. The van der Waals surface area contributed by atoms with E-state index in [9.17, 15) is 9.59 Å². The highest BCUT2D eigenvalue weighted by atomic mass is 35.5. The van der Waals surface area contributed by atoms with Crippen LogP contribution in [0.1, 0.15) is 51.8 Å². The van der Waals surface area contributed by atoms with Crippen molar-refractivity contribution in [3.8, 4) is 5.88 Å². The van der Waals surface area contributed by atoms with Crippen molar-refractivity contribution in [1.29, 1.82) is 0 Å². The van der Waals surface area contributed by atoms with Crippen molar-refractivity contribution in [2.75, 3.05) is 18.6 Å². The lowest BCUT2D eigenvalue weighted by atomic mass is 9.91. The van der Waals surface area contributed by atoms with Gasteiger partial charge in [0.05, 0.1) is 31.1 Å². The van der Waals surface area contributed by atoms with Crippen molar-refractivity contribution in [3.05, 3.63) is 22.2 Å². The lowest BCUT2D eigenvalue weighted by molar-refractivity contribution is -0.155. The van der Waals surface area contributed by atoms with Gasteiger partial charge in [-0.2, -0.15) is 4.98 Å². The number of fused-ring (bicyclic) bond motifs is 5. The van der Waals surface area contributed by atoms with Gasteiger partial charge in [0, 0.05) is 11.1 Å². The lowest BCUT2D eigenvalue weighted by Gasteiger charge is -2.52. The Balaban J connectivity index is 1.74. The first-order valence-corrected chi connectivity index (χ1v) is 12.4. The average molecular weight is 521 g/mol. The summed E-state index contributed by atoms with van der Waals surface area (Å²) < 4.78 is 32.6. The van der Waals surface area contributed by atoms with Crippen LogP contribution in [0.15, 0.2) is 0 Å². The van der Waals surface area contributed by atoms with Gasteiger partial charge in [-0.3, -0.25) is 4.90 Å². The smallest absolute Gasteiger partial charge is 0.411 e. The Morgan fingerprint density at radius 1 is 1.22 bits per heavy atom. The number of carbonyl (C=O) groups is 2. The molecule has 3 aliphatic heterocycles. The van der Waals surface area contributed by atoms with E-state index in [2.05, 4.69) is 4.98 Å². The second-order valence-electron chi connectivity index (χ2n) is 10.8. The molecule has 36 heavy (non-hydrogen) atoms. The fraction of sp³-hybridized carbons (Fsp3) is 0.600. The molecule has 3 aliphatic rings. The standard InChI is InChI=1S/C25H30ClFN4O5/c1-11-12(2)28-20-16-15(11)17(27)19(26)29-21(16)35-13(3)18-14-8-9-25(10-30(18)20,22(32)34-7)31(14)23(33)36-24(4,5)6/h13-14,18H,8-10H2,1-7H3/t13?,14-,18+,25+/m0/s1. The van der Waals surface area contributed by atoms with Crippen LogP contribution in [0.4, 0.5) is 15.0 Å². The number of piperazine rings is 1. The van der Waals surface area contributed by atoms with E-state index in [0.29, 0.717) is 35.3 Å². The summed E-state index contributed by atoms with van der Waals surface area (Å²) in [7, 11) is 1.31. The highest BCUT2D eigenvalue weighted by Crippen LogP contribution is 2.50. The molecule has 0 aromatic carbocycles. The molecule has 2 bridgehead atoms. The van der Waals surface area contributed by atoms with E-state index < -0.39 is 47.2 Å². The zero-order valence-electron chi connectivity index (χ0n) is 21.4. The summed E-state index contributed by atoms with van der Waals surface area (Å²) in [6.07, 6.45) is -0.178. The van der Waals surface area contributed by atoms with Gasteiger partial charge in [0.15, 0.2) is 16.5 Å². The van der Waals surface area contributed by atoms with Gasteiger partial charge in [0.25, 0.3) is 0 Å². The van der Waals surface area contributed by atoms with Gasteiger partial charge in [-0.25, -0.2) is 19.0 Å². The van der Waals surface area contributed by atoms with Crippen LogP contribution in [-0.2, 0) is 14.3 Å². The molecule has 11 heteroatoms. The maximum atomic E-state index is 15.3. The van der Waals surface area contributed by atoms with Gasteiger partial charge >= 0.3 is 12.1 Å². The molecule has 0 saturated carbocycles. The number of aryl methyl sites for hydroxylation is 2. The van der Waals surface area contributed by atoms with E-state index in [1.165, 1.54) is 12.0 Å². The molecule has 4 atom stereocenters. The molecule has 1 amide bonds. The zero-order chi connectivity index (χ0) is 26.3. The Bertz CT molecular complexity index is 1290. The molecule has 2 fully saturated rings. The summed E-state index contributed by atoms with van der Waals surface area (Å²) in [6, 6.07) is -0.859. The van der Waals surface area contributed by atoms with E-state index in [-0.39, 0.29) is 23.0 Å². The zero-order valence-corrected chi connectivity index (χ0v) is 22.2. The molecule has 2 saturated heterocycles. The van der Waals surface area contributed by atoms with Crippen LogP contribution < -0.4 is 9.64 Å². The molecule has 9 nitrogen and oxygen atoms in total. The van der Waals surface area contributed by atoms with Crippen LogP contribution in [-0.4, -0.2) is 69.9 Å². The minimum absolute atomic E-state index is 0.0854. The first-order chi connectivity index (χ1) is 16.8. The third-order valence-corrected chi connectivity index (χ3v) is 7.77. The van der Waals surface area contributed by atoms with Gasteiger partial charge in [0.1, 0.15) is 17.5 Å².